The minimum atomic E-state index is 0.00662. The van der Waals surface area contributed by atoms with Gasteiger partial charge in [0.05, 0.1) is 11.2 Å². The minimum Gasteiger partial charge on any atom is -0.396 e. The summed E-state index contributed by atoms with van der Waals surface area (Å²) < 4.78 is 1.82. The largest absolute Gasteiger partial charge is 0.396 e. The molecular weight excluding hydrogens is 352 g/mol. The lowest BCUT2D eigenvalue weighted by Crippen LogP contribution is -2.43. The Kier molecular flexibility index (Phi) is 5.48. The molecule has 1 amide bonds. The molecule has 1 saturated heterocycles. The van der Waals surface area contributed by atoms with Crippen LogP contribution in [-0.2, 0) is 4.79 Å². The Morgan fingerprint density at radius 3 is 3.04 bits per heavy atom. The second-order valence-corrected chi connectivity index (χ2v) is 7.09. The molecule has 1 fully saturated rings. The molecular formula is C22H24N4O2. The molecule has 6 heteroatoms. The first-order valence-electron chi connectivity index (χ1n) is 9.74. The maximum Gasteiger partial charge on any atom is 0.246 e. The predicted octanol–water partition coefficient (Wildman–Crippen LogP) is 3.17. The summed E-state index contributed by atoms with van der Waals surface area (Å²) in [5, 5.41) is 13.9. The van der Waals surface area contributed by atoms with Gasteiger partial charge in [-0.3, -0.25) is 9.78 Å². The second kappa shape index (κ2) is 8.35. The molecule has 6 nitrogen and oxygen atoms in total. The van der Waals surface area contributed by atoms with Gasteiger partial charge in [-0.15, -0.1) is 0 Å². The molecule has 1 aliphatic rings. The van der Waals surface area contributed by atoms with E-state index in [1.165, 1.54) is 0 Å². The molecule has 0 spiro atoms. The normalized spacial score (nSPS) is 17.5. The summed E-state index contributed by atoms with van der Waals surface area (Å²) >= 11 is 0. The predicted molar refractivity (Wildman–Crippen MR) is 109 cm³/mol. The molecule has 28 heavy (non-hydrogen) atoms. The molecule has 3 aromatic rings. The van der Waals surface area contributed by atoms with Crippen LogP contribution in [0.5, 0.6) is 0 Å². The van der Waals surface area contributed by atoms with Gasteiger partial charge in [-0.1, -0.05) is 6.07 Å². The molecule has 1 aliphatic heterocycles. The van der Waals surface area contributed by atoms with Gasteiger partial charge in [0, 0.05) is 55.0 Å². The SMILES string of the molecule is O=C(C=Cc1cccn2nc(-c3cccnc3)cc12)N1CCCC[C@@H]1CCO. The van der Waals surface area contributed by atoms with Crippen molar-refractivity contribution >= 4 is 17.5 Å². The van der Waals surface area contributed by atoms with E-state index < -0.39 is 0 Å². The molecule has 0 bridgehead atoms. The zero-order valence-corrected chi connectivity index (χ0v) is 15.7. The van der Waals surface area contributed by atoms with E-state index in [-0.39, 0.29) is 18.6 Å². The average Bonchev–Trinajstić information content (AvgIpc) is 3.18. The molecule has 3 aromatic heterocycles. The summed E-state index contributed by atoms with van der Waals surface area (Å²) in [6.07, 6.45) is 12.7. The average molecular weight is 376 g/mol. The molecule has 0 radical (unpaired) electrons. The third kappa shape index (κ3) is 3.82. The number of hydrogen-bond donors (Lipinski definition) is 1. The summed E-state index contributed by atoms with van der Waals surface area (Å²) in [4.78, 5) is 18.8. The maximum absolute atomic E-state index is 12.7. The van der Waals surface area contributed by atoms with E-state index in [0.29, 0.717) is 6.42 Å². The first-order chi connectivity index (χ1) is 13.8. The molecule has 1 atom stereocenters. The number of piperidine rings is 1. The number of rotatable bonds is 5. The summed E-state index contributed by atoms with van der Waals surface area (Å²) in [7, 11) is 0. The van der Waals surface area contributed by atoms with Crippen LogP contribution in [0.1, 0.15) is 31.2 Å². The quantitative estimate of drug-likeness (QED) is 0.695. The Bertz CT molecular complexity index is 979. The van der Waals surface area contributed by atoms with Crippen LogP contribution in [0.4, 0.5) is 0 Å². The molecule has 144 valence electrons. The third-order valence-electron chi connectivity index (χ3n) is 5.27. The van der Waals surface area contributed by atoms with Crippen LogP contribution in [0.2, 0.25) is 0 Å². The van der Waals surface area contributed by atoms with Crippen LogP contribution in [0.15, 0.2) is 55.0 Å². The summed E-state index contributed by atoms with van der Waals surface area (Å²) in [5.41, 5.74) is 3.68. The highest BCUT2D eigenvalue weighted by molar-refractivity contribution is 5.93. The number of carbonyl (C=O) groups is 1. The Morgan fingerprint density at radius 1 is 1.29 bits per heavy atom. The Labute approximate surface area is 164 Å². The number of carbonyl (C=O) groups excluding carboxylic acids is 1. The van der Waals surface area contributed by atoms with Crippen LogP contribution in [0, 0.1) is 0 Å². The fraction of sp³-hybridized carbons (Fsp3) is 0.318. The number of nitrogens with zero attached hydrogens (tertiary/aromatic N) is 4. The lowest BCUT2D eigenvalue weighted by atomic mass is 9.99. The summed E-state index contributed by atoms with van der Waals surface area (Å²) in [5.74, 6) is 0.00662. The fourth-order valence-electron chi connectivity index (χ4n) is 3.83. The smallest absolute Gasteiger partial charge is 0.246 e. The molecule has 0 aliphatic carbocycles. The zero-order chi connectivity index (χ0) is 19.3. The number of fused-ring (bicyclic) bond motifs is 1. The van der Waals surface area contributed by atoms with Crippen molar-refractivity contribution in [2.45, 2.75) is 31.7 Å². The van der Waals surface area contributed by atoms with Crippen LogP contribution in [0.3, 0.4) is 0 Å². The summed E-state index contributed by atoms with van der Waals surface area (Å²) in [6, 6.07) is 9.92. The monoisotopic (exact) mass is 376 g/mol. The molecule has 0 unspecified atom stereocenters. The van der Waals surface area contributed by atoms with Gasteiger partial charge in [-0.05, 0) is 56.0 Å². The van der Waals surface area contributed by atoms with E-state index >= 15 is 0 Å². The van der Waals surface area contributed by atoms with Gasteiger partial charge >= 0.3 is 0 Å². The zero-order valence-electron chi connectivity index (χ0n) is 15.7. The highest BCUT2D eigenvalue weighted by Gasteiger charge is 2.24. The van der Waals surface area contributed by atoms with Crippen molar-refractivity contribution in [3.8, 4) is 11.3 Å². The van der Waals surface area contributed by atoms with Gasteiger partial charge in [0.25, 0.3) is 0 Å². The van der Waals surface area contributed by atoms with Gasteiger partial charge < -0.3 is 10.0 Å². The van der Waals surface area contributed by atoms with Crippen molar-refractivity contribution in [2.75, 3.05) is 13.2 Å². The Balaban J connectivity index is 1.59. The van der Waals surface area contributed by atoms with Crippen molar-refractivity contribution in [1.29, 1.82) is 0 Å². The Morgan fingerprint density at radius 2 is 2.21 bits per heavy atom. The molecule has 4 rings (SSSR count). The number of aromatic nitrogens is 3. The topological polar surface area (TPSA) is 70.7 Å². The minimum absolute atomic E-state index is 0.00662. The van der Waals surface area contributed by atoms with E-state index in [4.69, 9.17) is 0 Å². The van der Waals surface area contributed by atoms with E-state index in [2.05, 4.69) is 10.1 Å². The highest BCUT2D eigenvalue weighted by atomic mass is 16.3. The number of likely N-dealkylation sites (tertiary alicyclic amines) is 1. The highest BCUT2D eigenvalue weighted by Crippen LogP contribution is 2.23. The van der Waals surface area contributed by atoms with E-state index in [1.807, 2.05) is 52.0 Å². The lowest BCUT2D eigenvalue weighted by molar-refractivity contribution is -0.129. The van der Waals surface area contributed by atoms with Gasteiger partial charge in [0.1, 0.15) is 0 Å². The van der Waals surface area contributed by atoms with Crippen molar-refractivity contribution in [3.05, 3.63) is 60.6 Å². The molecule has 4 heterocycles. The van der Waals surface area contributed by atoms with Gasteiger partial charge in [-0.25, -0.2) is 4.52 Å². The van der Waals surface area contributed by atoms with E-state index in [9.17, 15) is 9.90 Å². The first kappa shape index (κ1) is 18.4. The third-order valence-corrected chi connectivity index (χ3v) is 5.27. The van der Waals surface area contributed by atoms with Gasteiger partial charge in [-0.2, -0.15) is 5.10 Å². The van der Waals surface area contributed by atoms with Gasteiger partial charge in [0.15, 0.2) is 0 Å². The first-order valence-corrected chi connectivity index (χ1v) is 9.74. The van der Waals surface area contributed by atoms with Crippen molar-refractivity contribution in [3.63, 3.8) is 0 Å². The Hall–Kier alpha value is -2.99. The second-order valence-electron chi connectivity index (χ2n) is 7.09. The molecule has 1 N–H and O–H groups in total. The fourth-order valence-corrected chi connectivity index (χ4v) is 3.83. The maximum atomic E-state index is 12.7. The molecule has 0 aromatic carbocycles. The number of amides is 1. The van der Waals surface area contributed by atoms with Crippen LogP contribution in [-0.4, -0.2) is 49.7 Å². The van der Waals surface area contributed by atoms with Crippen molar-refractivity contribution in [1.82, 2.24) is 19.5 Å². The van der Waals surface area contributed by atoms with Gasteiger partial charge in [0.2, 0.25) is 5.91 Å². The summed E-state index contributed by atoms with van der Waals surface area (Å²) in [6.45, 7) is 0.875. The van der Waals surface area contributed by atoms with E-state index in [0.717, 1.165) is 48.1 Å². The number of hydrogen-bond acceptors (Lipinski definition) is 4. The molecule has 0 saturated carbocycles. The number of pyridine rings is 2. The van der Waals surface area contributed by atoms with Crippen LogP contribution in [0.25, 0.3) is 22.9 Å². The van der Waals surface area contributed by atoms with Crippen molar-refractivity contribution in [2.24, 2.45) is 0 Å². The lowest BCUT2D eigenvalue weighted by Gasteiger charge is -2.34. The van der Waals surface area contributed by atoms with Crippen molar-refractivity contribution < 1.29 is 9.90 Å². The van der Waals surface area contributed by atoms with Crippen LogP contribution < -0.4 is 0 Å². The standard InChI is InChI=1S/C22H24N4O2/c27-14-10-19-7-1-2-12-25(19)22(28)9-8-17-6-4-13-26-21(17)15-20(24-26)18-5-3-11-23-16-18/h3-6,8-9,11,13,15-16,19,27H,1-2,7,10,12,14H2/t19-/m1/s1. The van der Waals surface area contributed by atoms with Crippen LogP contribution >= 0.6 is 0 Å². The van der Waals surface area contributed by atoms with E-state index in [1.54, 1.807) is 18.5 Å². The number of aliphatic hydroxyl groups excluding tert-OH is 1. The number of aliphatic hydroxyl groups is 1.